The molecule has 0 saturated carbocycles. The van der Waals surface area contributed by atoms with Crippen LogP contribution < -0.4 is 16.4 Å². The smallest absolute Gasteiger partial charge is 0.319 e. The molecule has 5 nitrogen and oxygen atoms in total. The van der Waals surface area contributed by atoms with Crippen molar-refractivity contribution in [2.24, 2.45) is 5.73 Å². The number of urea groups is 1. The van der Waals surface area contributed by atoms with Crippen LogP contribution in [0.1, 0.15) is 31.9 Å². The lowest BCUT2D eigenvalue weighted by atomic mass is 10.1. The second-order valence-corrected chi connectivity index (χ2v) is 5.24. The Labute approximate surface area is 107 Å². The van der Waals surface area contributed by atoms with Crippen molar-refractivity contribution < 1.29 is 4.79 Å². The predicted molar refractivity (Wildman–Crippen MR) is 74.1 cm³/mol. The Balaban J connectivity index is 2.95. The van der Waals surface area contributed by atoms with Crippen LogP contribution in [0.4, 0.5) is 10.5 Å². The van der Waals surface area contributed by atoms with E-state index in [0.29, 0.717) is 11.3 Å². The van der Waals surface area contributed by atoms with Gasteiger partial charge in [0.2, 0.25) is 0 Å². The van der Waals surface area contributed by atoms with E-state index >= 15 is 0 Å². The highest BCUT2D eigenvalue weighted by Gasteiger charge is 2.16. The van der Waals surface area contributed by atoms with Crippen LogP contribution in [0.3, 0.4) is 0 Å². The Bertz CT molecular complexity index is 474. The Kier molecular flexibility index (Phi) is 3.96. The number of aryl methyl sites for hydroxylation is 1. The monoisotopic (exact) mass is 248 g/mol. The normalized spacial score (nSPS) is 10.9. The molecule has 0 aliphatic rings. The predicted octanol–water partition coefficient (Wildman–Crippen LogP) is 2.20. The van der Waals surface area contributed by atoms with Gasteiger partial charge in [-0.25, -0.2) is 4.79 Å². The number of hydrogen-bond donors (Lipinski definition) is 4. The van der Waals surface area contributed by atoms with E-state index in [9.17, 15) is 4.79 Å². The van der Waals surface area contributed by atoms with E-state index in [2.05, 4.69) is 10.6 Å². The first-order chi connectivity index (χ1) is 8.20. The fourth-order valence-electron chi connectivity index (χ4n) is 1.62. The summed E-state index contributed by atoms with van der Waals surface area (Å²) in [6.07, 6.45) is 0. The highest BCUT2D eigenvalue weighted by Crippen LogP contribution is 2.19. The number of carbonyl (C=O) groups is 1. The number of hydrogen-bond acceptors (Lipinski definition) is 2. The highest BCUT2D eigenvalue weighted by molar-refractivity contribution is 6.05. The van der Waals surface area contributed by atoms with E-state index in [1.54, 1.807) is 6.07 Å². The molecule has 0 atom stereocenters. The first-order valence-corrected chi connectivity index (χ1v) is 5.74. The van der Waals surface area contributed by atoms with Gasteiger partial charge in [0.15, 0.2) is 0 Å². The van der Waals surface area contributed by atoms with Crippen LogP contribution >= 0.6 is 0 Å². The fraction of sp³-hybridized carbons (Fsp3) is 0.385. The Hall–Kier alpha value is -2.04. The molecule has 0 heterocycles. The summed E-state index contributed by atoms with van der Waals surface area (Å²) in [5.74, 6) is -0.0563. The topological polar surface area (TPSA) is 91.0 Å². The zero-order valence-electron chi connectivity index (χ0n) is 11.2. The fourth-order valence-corrected chi connectivity index (χ4v) is 1.62. The minimum absolute atomic E-state index is 0.0563. The lowest BCUT2D eigenvalue weighted by Gasteiger charge is -2.21. The Morgan fingerprint density at radius 2 is 1.94 bits per heavy atom. The Morgan fingerprint density at radius 1 is 1.33 bits per heavy atom. The summed E-state index contributed by atoms with van der Waals surface area (Å²) in [6.45, 7) is 7.54. The van der Waals surface area contributed by atoms with E-state index in [4.69, 9.17) is 11.1 Å². The molecule has 0 aliphatic carbocycles. The zero-order chi connectivity index (χ0) is 13.9. The average molecular weight is 248 g/mol. The van der Waals surface area contributed by atoms with Gasteiger partial charge in [-0.1, -0.05) is 12.1 Å². The first-order valence-electron chi connectivity index (χ1n) is 5.74. The number of benzene rings is 1. The second kappa shape index (κ2) is 5.08. The SMILES string of the molecule is Cc1cccc(NC(=O)NC(C)(C)C)c1C(=N)N. The number of nitrogens with one attached hydrogen (secondary N) is 3. The lowest BCUT2D eigenvalue weighted by molar-refractivity contribution is 0.244. The maximum Gasteiger partial charge on any atom is 0.319 e. The molecular formula is C13H20N4O. The lowest BCUT2D eigenvalue weighted by Crippen LogP contribution is -2.43. The second-order valence-electron chi connectivity index (χ2n) is 5.24. The van der Waals surface area contributed by atoms with Gasteiger partial charge < -0.3 is 16.4 Å². The van der Waals surface area contributed by atoms with Crippen molar-refractivity contribution in [1.29, 1.82) is 5.41 Å². The minimum Gasteiger partial charge on any atom is -0.384 e. The quantitative estimate of drug-likeness (QED) is 0.477. The van der Waals surface area contributed by atoms with Gasteiger partial charge in [-0.05, 0) is 39.3 Å². The number of amides is 2. The van der Waals surface area contributed by atoms with E-state index in [-0.39, 0.29) is 17.4 Å². The largest absolute Gasteiger partial charge is 0.384 e. The van der Waals surface area contributed by atoms with Crippen molar-refractivity contribution in [3.05, 3.63) is 29.3 Å². The van der Waals surface area contributed by atoms with Gasteiger partial charge in [0, 0.05) is 11.1 Å². The molecule has 0 spiro atoms. The van der Waals surface area contributed by atoms with Crippen molar-refractivity contribution in [1.82, 2.24) is 5.32 Å². The molecule has 0 radical (unpaired) electrons. The van der Waals surface area contributed by atoms with Gasteiger partial charge in [0.05, 0.1) is 5.69 Å². The molecule has 0 unspecified atom stereocenters. The van der Waals surface area contributed by atoms with Crippen LogP contribution in [0.2, 0.25) is 0 Å². The highest BCUT2D eigenvalue weighted by atomic mass is 16.2. The van der Waals surface area contributed by atoms with Crippen molar-refractivity contribution in [2.45, 2.75) is 33.2 Å². The summed E-state index contributed by atoms with van der Waals surface area (Å²) in [6, 6.07) is 5.08. The van der Waals surface area contributed by atoms with E-state index in [0.717, 1.165) is 5.56 Å². The third-order valence-corrected chi connectivity index (χ3v) is 2.28. The van der Waals surface area contributed by atoms with Crippen molar-refractivity contribution in [3.8, 4) is 0 Å². The summed E-state index contributed by atoms with van der Waals surface area (Å²) in [5.41, 5.74) is 7.17. The maximum absolute atomic E-state index is 11.8. The van der Waals surface area contributed by atoms with Crippen molar-refractivity contribution in [3.63, 3.8) is 0 Å². The molecule has 0 fully saturated rings. The molecule has 1 aromatic carbocycles. The number of rotatable bonds is 2. The molecule has 1 aromatic rings. The molecule has 0 aliphatic heterocycles. The molecule has 0 aromatic heterocycles. The van der Waals surface area contributed by atoms with Crippen LogP contribution in [-0.2, 0) is 0 Å². The average Bonchev–Trinajstić information content (AvgIpc) is 2.13. The zero-order valence-corrected chi connectivity index (χ0v) is 11.2. The summed E-state index contributed by atoms with van der Waals surface area (Å²) < 4.78 is 0. The number of nitrogen functional groups attached to an aromatic ring is 1. The van der Waals surface area contributed by atoms with Crippen LogP contribution in [0.5, 0.6) is 0 Å². The summed E-state index contributed by atoms with van der Waals surface area (Å²) in [4.78, 5) is 11.8. The van der Waals surface area contributed by atoms with Gasteiger partial charge in [0.25, 0.3) is 0 Å². The van der Waals surface area contributed by atoms with Crippen LogP contribution in [-0.4, -0.2) is 17.4 Å². The molecular weight excluding hydrogens is 228 g/mol. The molecule has 1 rings (SSSR count). The van der Waals surface area contributed by atoms with Gasteiger partial charge in [-0.3, -0.25) is 5.41 Å². The number of nitrogens with two attached hydrogens (primary N) is 1. The molecule has 18 heavy (non-hydrogen) atoms. The number of anilines is 1. The summed E-state index contributed by atoms with van der Waals surface area (Å²) >= 11 is 0. The van der Waals surface area contributed by atoms with Gasteiger partial charge in [0.1, 0.15) is 5.84 Å². The summed E-state index contributed by atoms with van der Waals surface area (Å²) in [7, 11) is 0. The number of amidine groups is 1. The maximum atomic E-state index is 11.8. The molecule has 0 saturated heterocycles. The van der Waals surface area contributed by atoms with Gasteiger partial charge >= 0.3 is 6.03 Å². The van der Waals surface area contributed by atoms with Gasteiger partial charge in [-0.15, -0.1) is 0 Å². The molecule has 5 heteroatoms. The van der Waals surface area contributed by atoms with E-state index in [1.165, 1.54) is 0 Å². The molecule has 5 N–H and O–H groups in total. The van der Waals surface area contributed by atoms with Crippen molar-refractivity contribution in [2.75, 3.05) is 5.32 Å². The van der Waals surface area contributed by atoms with Crippen LogP contribution in [0.25, 0.3) is 0 Å². The van der Waals surface area contributed by atoms with Crippen molar-refractivity contribution >= 4 is 17.6 Å². The molecule has 98 valence electrons. The van der Waals surface area contributed by atoms with E-state index in [1.807, 2.05) is 39.8 Å². The van der Waals surface area contributed by atoms with Crippen LogP contribution in [0, 0.1) is 12.3 Å². The summed E-state index contributed by atoms with van der Waals surface area (Å²) in [5, 5.41) is 13.1. The number of carbonyl (C=O) groups excluding carboxylic acids is 1. The van der Waals surface area contributed by atoms with E-state index < -0.39 is 0 Å². The third-order valence-electron chi connectivity index (χ3n) is 2.28. The minimum atomic E-state index is -0.315. The molecule has 0 bridgehead atoms. The first kappa shape index (κ1) is 14.0. The van der Waals surface area contributed by atoms with Crippen LogP contribution in [0.15, 0.2) is 18.2 Å². The Morgan fingerprint density at radius 3 is 2.44 bits per heavy atom. The van der Waals surface area contributed by atoms with Gasteiger partial charge in [-0.2, -0.15) is 0 Å². The third kappa shape index (κ3) is 3.76. The molecule has 2 amide bonds. The standard InChI is InChI=1S/C13H20N4O/c1-8-6-5-7-9(10(8)11(14)15)16-12(18)17-13(2,3)4/h5-7H,1-4H3,(H3,14,15)(H2,16,17,18).